The van der Waals surface area contributed by atoms with Gasteiger partial charge in [0.05, 0.1) is 12.5 Å². The number of hydrogen-bond donors (Lipinski definition) is 4. The summed E-state index contributed by atoms with van der Waals surface area (Å²) in [7, 11) is 0. The zero-order valence-electron chi connectivity index (χ0n) is 17.6. The van der Waals surface area contributed by atoms with E-state index in [1.165, 1.54) is 6.08 Å². The number of hydrogen-bond acceptors (Lipinski definition) is 4. The van der Waals surface area contributed by atoms with Gasteiger partial charge in [-0.1, -0.05) is 30.9 Å². The van der Waals surface area contributed by atoms with E-state index in [0.29, 0.717) is 35.3 Å². The van der Waals surface area contributed by atoms with Crippen molar-refractivity contribution in [2.45, 2.75) is 25.3 Å². The van der Waals surface area contributed by atoms with Crippen LogP contribution >= 0.6 is 0 Å². The SMILES string of the molecule is C=Cc1cc(C(=O)NC(CC(=O)O)c2cccc(C(=N)N)c2)ccc1C(=O)N1CCCC1. The summed E-state index contributed by atoms with van der Waals surface area (Å²) in [5, 5.41) is 19.6. The number of aliphatic carboxylic acids is 1. The van der Waals surface area contributed by atoms with Gasteiger partial charge in [0.2, 0.25) is 0 Å². The monoisotopic (exact) mass is 434 g/mol. The first-order chi connectivity index (χ1) is 15.3. The zero-order chi connectivity index (χ0) is 23.3. The van der Waals surface area contributed by atoms with Gasteiger partial charge < -0.3 is 21.1 Å². The molecule has 1 unspecified atom stereocenters. The molecule has 2 amide bonds. The van der Waals surface area contributed by atoms with Crippen molar-refractivity contribution in [3.8, 4) is 0 Å². The molecule has 0 saturated carbocycles. The van der Waals surface area contributed by atoms with E-state index in [9.17, 15) is 19.5 Å². The van der Waals surface area contributed by atoms with E-state index < -0.39 is 17.9 Å². The number of carbonyl (C=O) groups is 3. The Morgan fingerprint density at radius 2 is 1.88 bits per heavy atom. The molecule has 2 aromatic carbocycles. The molecule has 1 saturated heterocycles. The van der Waals surface area contributed by atoms with Gasteiger partial charge in [-0.2, -0.15) is 0 Å². The highest BCUT2D eigenvalue weighted by Gasteiger charge is 2.23. The first kappa shape index (κ1) is 22.7. The summed E-state index contributed by atoms with van der Waals surface area (Å²) < 4.78 is 0. The number of carboxylic acid groups (broad SMARTS) is 1. The average molecular weight is 434 g/mol. The predicted molar refractivity (Wildman–Crippen MR) is 122 cm³/mol. The summed E-state index contributed by atoms with van der Waals surface area (Å²) in [5.74, 6) is -1.80. The topological polar surface area (TPSA) is 137 Å². The number of carboxylic acids is 1. The van der Waals surface area contributed by atoms with Crippen LogP contribution in [0.1, 0.15) is 62.7 Å². The standard InChI is InChI=1S/C24H26N4O4/c1-2-15-12-18(8-9-19(15)24(32)28-10-3-4-11-28)23(31)27-20(14-21(29)30)16-6-5-7-17(13-16)22(25)26/h2,5-9,12-13,20H,1,3-4,10-11,14H2,(H3,25,26)(H,27,31)(H,29,30). The van der Waals surface area contributed by atoms with Crippen molar-refractivity contribution in [2.24, 2.45) is 5.73 Å². The van der Waals surface area contributed by atoms with Crippen LogP contribution in [0.15, 0.2) is 49.0 Å². The molecule has 2 aromatic rings. The Morgan fingerprint density at radius 1 is 1.16 bits per heavy atom. The molecule has 0 aromatic heterocycles. The number of likely N-dealkylation sites (tertiary alicyclic amines) is 1. The summed E-state index contributed by atoms with van der Waals surface area (Å²) >= 11 is 0. The lowest BCUT2D eigenvalue weighted by atomic mass is 9.99. The Labute approximate surface area is 186 Å². The van der Waals surface area contributed by atoms with Crippen LogP contribution in [0.25, 0.3) is 6.08 Å². The minimum absolute atomic E-state index is 0.0887. The van der Waals surface area contributed by atoms with Crippen molar-refractivity contribution in [3.05, 3.63) is 76.9 Å². The molecule has 0 aliphatic carbocycles. The van der Waals surface area contributed by atoms with Gasteiger partial charge in [-0.05, 0) is 48.2 Å². The van der Waals surface area contributed by atoms with E-state index >= 15 is 0 Å². The number of nitrogens with zero attached hydrogens (tertiary/aromatic N) is 1. The van der Waals surface area contributed by atoms with Crippen molar-refractivity contribution in [2.75, 3.05) is 13.1 Å². The fourth-order valence-corrected chi connectivity index (χ4v) is 3.75. The smallest absolute Gasteiger partial charge is 0.305 e. The van der Waals surface area contributed by atoms with Gasteiger partial charge in [0.1, 0.15) is 5.84 Å². The van der Waals surface area contributed by atoms with Gasteiger partial charge >= 0.3 is 5.97 Å². The second-order valence-electron chi connectivity index (χ2n) is 7.67. The number of amides is 2. The highest BCUT2D eigenvalue weighted by molar-refractivity contribution is 6.01. The number of nitrogens with one attached hydrogen (secondary N) is 2. The molecule has 1 fully saturated rings. The van der Waals surface area contributed by atoms with E-state index in [0.717, 1.165) is 12.8 Å². The van der Waals surface area contributed by atoms with Crippen LogP contribution in [0.5, 0.6) is 0 Å². The van der Waals surface area contributed by atoms with Crippen molar-refractivity contribution in [3.63, 3.8) is 0 Å². The summed E-state index contributed by atoms with van der Waals surface area (Å²) in [5.41, 5.74) is 7.81. The maximum atomic E-state index is 12.9. The molecule has 3 rings (SSSR count). The number of benzene rings is 2. The van der Waals surface area contributed by atoms with E-state index in [1.54, 1.807) is 47.4 Å². The molecular formula is C24H26N4O4. The molecule has 8 heteroatoms. The van der Waals surface area contributed by atoms with Crippen molar-refractivity contribution < 1.29 is 19.5 Å². The molecule has 1 aliphatic rings. The highest BCUT2D eigenvalue weighted by Crippen LogP contribution is 2.22. The molecule has 0 spiro atoms. The second kappa shape index (κ2) is 9.91. The number of nitrogens with two attached hydrogens (primary N) is 1. The average Bonchev–Trinajstić information content (AvgIpc) is 3.32. The van der Waals surface area contributed by atoms with Gasteiger partial charge in [0, 0.05) is 29.8 Å². The number of carbonyl (C=O) groups excluding carboxylic acids is 2. The molecule has 1 aliphatic heterocycles. The van der Waals surface area contributed by atoms with E-state index in [1.807, 2.05) is 0 Å². The lowest BCUT2D eigenvalue weighted by molar-refractivity contribution is -0.137. The third kappa shape index (κ3) is 5.21. The highest BCUT2D eigenvalue weighted by atomic mass is 16.4. The van der Waals surface area contributed by atoms with Crippen LogP contribution in [0, 0.1) is 5.41 Å². The fraction of sp³-hybridized carbons (Fsp3) is 0.250. The Balaban J connectivity index is 1.85. The number of nitrogen functional groups attached to an aromatic ring is 1. The molecule has 166 valence electrons. The largest absolute Gasteiger partial charge is 0.481 e. The number of rotatable bonds is 8. The van der Waals surface area contributed by atoms with Crippen LogP contribution in [0.3, 0.4) is 0 Å². The maximum absolute atomic E-state index is 12.9. The van der Waals surface area contributed by atoms with Gasteiger partial charge in [-0.15, -0.1) is 0 Å². The maximum Gasteiger partial charge on any atom is 0.305 e. The van der Waals surface area contributed by atoms with Gasteiger partial charge in [0.15, 0.2) is 0 Å². The minimum atomic E-state index is -1.08. The van der Waals surface area contributed by atoms with E-state index in [4.69, 9.17) is 11.1 Å². The van der Waals surface area contributed by atoms with Gasteiger partial charge in [0.25, 0.3) is 11.8 Å². The summed E-state index contributed by atoms with van der Waals surface area (Å²) in [4.78, 5) is 38.9. The normalized spacial score (nSPS) is 13.9. The summed E-state index contributed by atoms with van der Waals surface area (Å²) in [6, 6.07) is 10.5. The molecule has 1 heterocycles. The van der Waals surface area contributed by atoms with Crippen LogP contribution < -0.4 is 11.1 Å². The lowest BCUT2D eigenvalue weighted by Crippen LogP contribution is -2.31. The summed E-state index contributed by atoms with van der Waals surface area (Å²) in [6.45, 7) is 5.20. The van der Waals surface area contributed by atoms with Crippen molar-refractivity contribution in [1.82, 2.24) is 10.2 Å². The van der Waals surface area contributed by atoms with Crippen LogP contribution in [0.4, 0.5) is 0 Å². The predicted octanol–water partition coefficient (Wildman–Crippen LogP) is 2.80. The third-order valence-corrected chi connectivity index (χ3v) is 5.44. The number of amidine groups is 1. The Kier molecular flexibility index (Phi) is 7.04. The zero-order valence-corrected chi connectivity index (χ0v) is 17.6. The first-order valence-electron chi connectivity index (χ1n) is 10.3. The first-order valence-corrected chi connectivity index (χ1v) is 10.3. The molecule has 0 radical (unpaired) electrons. The third-order valence-electron chi connectivity index (χ3n) is 5.44. The molecule has 1 atom stereocenters. The van der Waals surface area contributed by atoms with Crippen LogP contribution in [-0.2, 0) is 4.79 Å². The lowest BCUT2D eigenvalue weighted by Gasteiger charge is -2.20. The Morgan fingerprint density at radius 3 is 2.50 bits per heavy atom. The quantitative estimate of drug-likeness (QED) is 0.374. The van der Waals surface area contributed by atoms with Crippen molar-refractivity contribution in [1.29, 1.82) is 5.41 Å². The summed E-state index contributed by atoms with van der Waals surface area (Å²) in [6.07, 6.45) is 3.15. The van der Waals surface area contributed by atoms with Gasteiger partial charge in [-0.25, -0.2) is 0 Å². The molecule has 0 bridgehead atoms. The van der Waals surface area contributed by atoms with E-state index in [-0.39, 0.29) is 23.7 Å². The van der Waals surface area contributed by atoms with Gasteiger partial charge in [-0.3, -0.25) is 19.8 Å². The second-order valence-corrected chi connectivity index (χ2v) is 7.67. The molecule has 32 heavy (non-hydrogen) atoms. The van der Waals surface area contributed by atoms with Crippen LogP contribution in [0.2, 0.25) is 0 Å². The minimum Gasteiger partial charge on any atom is -0.481 e. The Bertz CT molecular complexity index is 1070. The Hall–Kier alpha value is -3.94. The molecule has 5 N–H and O–H groups in total. The van der Waals surface area contributed by atoms with Crippen molar-refractivity contribution >= 4 is 29.7 Å². The van der Waals surface area contributed by atoms with Crippen LogP contribution in [-0.4, -0.2) is 46.7 Å². The van der Waals surface area contributed by atoms with E-state index in [2.05, 4.69) is 11.9 Å². The fourth-order valence-electron chi connectivity index (χ4n) is 3.75. The molecular weight excluding hydrogens is 408 g/mol. The molecule has 8 nitrogen and oxygen atoms in total.